The molecule has 0 unspecified atom stereocenters. The molecule has 0 fully saturated rings. The van der Waals surface area contributed by atoms with Gasteiger partial charge in [0.2, 0.25) is 0 Å². The van der Waals surface area contributed by atoms with Crippen molar-refractivity contribution in [3.8, 4) is 0 Å². The molecule has 0 amide bonds. The van der Waals surface area contributed by atoms with Gasteiger partial charge in [-0.15, -0.1) is 0 Å². The Kier molecular flexibility index (Phi) is 1.74. The topological polar surface area (TPSA) is 26.0 Å². The summed E-state index contributed by atoms with van der Waals surface area (Å²) in [6.07, 6.45) is 2.23. The molecule has 58 valence electrons. The van der Waals surface area contributed by atoms with E-state index in [0.717, 1.165) is 12.8 Å². The average molecular weight is 212 g/mol. The Bertz CT molecular complexity index is 283. The molecule has 0 saturated heterocycles. The number of hydrogen-bond acceptors (Lipinski definition) is 1. The van der Waals surface area contributed by atoms with Gasteiger partial charge in [-0.25, -0.2) is 0 Å². The summed E-state index contributed by atoms with van der Waals surface area (Å²) in [6.45, 7) is 0. The second kappa shape index (κ2) is 2.61. The van der Waals surface area contributed by atoms with Crippen molar-refractivity contribution < 1.29 is 0 Å². The number of nitrogens with two attached hydrogens (primary N) is 1. The fourth-order valence-electron chi connectivity index (χ4n) is 1.67. The van der Waals surface area contributed by atoms with Crippen molar-refractivity contribution >= 4 is 15.9 Å². The molecular weight excluding hydrogens is 202 g/mol. The minimum Gasteiger partial charge on any atom is -0.324 e. The van der Waals surface area contributed by atoms with Crippen molar-refractivity contribution in [2.45, 2.75) is 18.9 Å². The molecule has 2 rings (SSSR count). The molecule has 0 saturated carbocycles. The molecule has 0 bridgehead atoms. The minimum atomic E-state index is 0.251. The number of hydrogen-bond donors (Lipinski definition) is 1. The normalized spacial score (nSPS) is 21.8. The van der Waals surface area contributed by atoms with E-state index in [1.54, 1.807) is 0 Å². The highest BCUT2D eigenvalue weighted by Crippen LogP contribution is 2.34. The van der Waals surface area contributed by atoms with E-state index >= 15 is 0 Å². The molecular formula is C9H10BrN. The first-order valence-electron chi connectivity index (χ1n) is 3.82. The Balaban J connectivity index is 2.58. The highest BCUT2D eigenvalue weighted by atomic mass is 79.9. The first-order valence-corrected chi connectivity index (χ1v) is 4.61. The molecule has 0 radical (unpaired) electrons. The SMILES string of the molecule is N[C@H]1CCc2cccc(Br)c21. The van der Waals surface area contributed by atoms with Crippen LogP contribution in [0.15, 0.2) is 22.7 Å². The predicted molar refractivity (Wildman–Crippen MR) is 49.4 cm³/mol. The Hall–Kier alpha value is -0.340. The van der Waals surface area contributed by atoms with E-state index in [-0.39, 0.29) is 6.04 Å². The highest BCUT2D eigenvalue weighted by molar-refractivity contribution is 9.10. The van der Waals surface area contributed by atoms with Crippen molar-refractivity contribution in [1.29, 1.82) is 0 Å². The summed E-state index contributed by atoms with van der Waals surface area (Å²) in [4.78, 5) is 0. The largest absolute Gasteiger partial charge is 0.324 e. The second-order valence-corrected chi connectivity index (χ2v) is 3.81. The summed E-state index contributed by atoms with van der Waals surface area (Å²) in [5, 5.41) is 0. The van der Waals surface area contributed by atoms with Gasteiger partial charge in [0.05, 0.1) is 0 Å². The van der Waals surface area contributed by atoms with E-state index in [0.29, 0.717) is 0 Å². The molecule has 1 aromatic rings. The van der Waals surface area contributed by atoms with Crippen LogP contribution in [0.5, 0.6) is 0 Å². The monoisotopic (exact) mass is 211 g/mol. The Morgan fingerprint density at radius 3 is 3.00 bits per heavy atom. The van der Waals surface area contributed by atoms with Gasteiger partial charge in [0, 0.05) is 10.5 Å². The van der Waals surface area contributed by atoms with E-state index in [1.807, 2.05) is 0 Å². The van der Waals surface area contributed by atoms with Crippen LogP contribution < -0.4 is 5.73 Å². The van der Waals surface area contributed by atoms with Gasteiger partial charge in [-0.2, -0.15) is 0 Å². The third kappa shape index (κ3) is 1.10. The van der Waals surface area contributed by atoms with Gasteiger partial charge in [-0.3, -0.25) is 0 Å². The quantitative estimate of drug-likeness (QED) is 0.702. The van der Waals surface area contributed by atoms with Crippen molar-refractivity contribution in [1.82, 2.24) is 0 Å². The fourth-order valence-corrected chi connectivity index (χ4v) is 2.37. The maximum atomic E-state index is 5.92. The zero-order chi connectivity index (χ0) is 7.84. The van der Waals surface area contributed by atoms with Crippen LogP contribution in [0.1, 0.15) is 23.6 Å². The van der Waals surface area contributed by atoms with Gasteiger partial charge in [0.1, 0.15) is 0 Å². The number of fused-ring (bicyclic) bond motifs is 1. The zero-order valence-electron chi connectivity index (χ0n) is 6.18. The van der Waals surface area contributed by atoms with Crippen molar-refractivity contribution in [2.75, 3.05) is 0 Å². The zero-order valence-corrected chi connectivity index (χ0v) is 7.76. The van der Waals surface area contributed by atoms with Gasteiger partial charge < -0.3 is 5.73 Å². The van der Waals surface area contributed by atoms with Crippen molar-refractivity contribution in [3.63, 3.8) is 0 Å². The molecule has 1 aliphatic carbocycles. The van der Waals surface area contributed by atoms with Gasteiger partial charge in [0.25, 0.3) is 0 Å². The van der Waals surface area contributed by atoms with Crippen LogP contribution in [0.25, 0.3) is 0 Å². The van der Waals surface area contributed by atoms with E-state index in [1.165, 1.54) is 15.6 Å². The lowest BCUT2D eigenvalue weighted by atomic mass is 10.1. The number of halogens is 1. The third-order valence-corrected chi connectivity index (χ3v) is 2.93. The van der Waals surface area contributed by atoms with Crippen LogP contribution in [0.4, 0.5) is 0 Å². The minimum absolute atomic E-state index is 0.251. The van der Waals surface area contributed by atoms with Gasteiger partial charge in [-0.05, 0) is 30.0 Å². The van der Waals surface area contributed by atoms with Gasteiger partial charge in [0.15, 0.2) is 0 Å². The fraction of sp³-hybridized carbons (Fsp3) is 0.333. The standard InChI is InChI=1S/C9H10BrN/c10-7-3-1-2-6-4-5-8(11)9(6)7/h1-3,8H,4-5,11H2/t8-/m0/s1. The first kappa shape index (κ1) is 7.32. The predicted octanol–water partition coefficient (Wildman–Crippen LogP) is 2.40. The van der Waals surface area contributed by atoms with Gasteiger partial charge in [-0.1, -0.05) is 28.1 Å². The van der Waals surface area contributed by atoms with Crippen LogP contribution in [-0.4, -0.2) is 0 Å². The lowest BCUT2D eigenvalue weighted by Crippen LogP contribution is -2.05. The summed E-state index contributed by atoms with van der Waals surface area (Å²) in [7, 11) is 0. The van der Waals surface area contributed by atoms with E-state index in [9.17, 15) is 0 Å². The Labute approximate surface area is 74.7 Å². The lowest BCUT2D eigenvalue weighted by Gasteiger charge is -2.06. The van der Waals surface area contributed by atoms with Crippen LogP contribution in [0, 0.1) is 0 Å². The molecule has 1 atom stereocenters. The summed E-state index contributed by atoms with van der Waals surface area (Å²) < 4.78 is 1.17. The molecule has 1 aliphatic rings. The second-order valence-electron chi connectivity index (χ2n) is 2.96. The first-order chi connectivity index (χ1) is 5.29. The molecule has 2 heteroatoms. The third-order valence-electron chi connectivity index (χ3n) is 2.24. The molecule has 1 aromatic carbocycles. The van der Waals surface area contributed by atoms with E-state index < -0.39 is 0 Å². The highest BCUT2D eigenvalue weighted by Gasteiger charge is 2.20. The summed E-state index contributed by atoms with van der Waals surface area (Å²) in [5.74, 6) is 0. The number of benzene rings is 1. The average Bonchev–Trinajstić information content (AvgIpc) is 2.34. The Morgan fingerprint density at radius 1 is 1.45 bits per heavy atom. The smallest absolute Gasteiger partial charge is 0.0312 e. The maximum Gasteiger partial charge on any atom is 0.0312 e. The molecule has 0 heterocycles. The Morgan fingerprint density at radius 2 is 2.27 bits per heavy atom. The molecule has 0 aliphatic heterocycles. The van der Waals surface area contributed by atoms with Crippen LogP contribution in [0.3, 0.4) is 0 Å². The van der Waals surface area contributed by atoms with E-state index in [4.69, 9.17) is 5.73 Å². The molecule has 2 N–H and O–H groups in total. The number of rotatable bonds is 0. The lowest BCUT2D eigenvalue weighted by molar-refractivity contribution is 0.711. The van der Waals surface area contributed by atoms with Crippen molar-refractivity contribution in [2.24, 2.45) is 5.73 Å². The molecule has 11 heavy (non-hydrogen) atoms. The van der Waals surface area contributed by atoms with Crippen LogP contribution >= 0.6 is 15.9 Å². The van der Waals surface area contributed by atoms with Gasteiger partial charge >= 0.3 is 0 Å². The maximum absolute atomic E-state index is 5.92. The summed E-state index contributed by atoms with van der Waals surface area (Å²) >= 11 is 3.51. The van der Waals surface area contributed by atoms with Crippen LogP contribution in [-0.2, 0) is 6.42 Å². The summed E-state index contributed by atoms with van der Waals surface area (Å²) in [5.41, 5.74) is 8.64. The number of aryl methyl sites for hydroxylation is 1. The molecule has 1 nitrogen and oxygen atoms in total. The van der Waals surface area contributed by atoms with Crippen molar-refractivity contribution in [3.05, 3.63) is 33.8 Å². The van der Waals surface area contributed by atoms with Crippen LogP contribution in [0.2, 0.25) is 0 Å². The van der Waals surface area contributed by atoms with E-state index in [2.05, 4.69) is 34.1 Å². The summed E-state index contributed by atoms with van der Waals surface area (Å²) in [6, 6.07) is 6.54. The molecule has 0 spiro atoms. The molecule has 0 aromatic heterocycles.